The van der Waals surface area contributed by atoms with Crippen LogP contribution in [0.2, 0.25) is 0 Å². The molecular formula is C17H26N2O. The second-order valence-electron chi connectivity index (χ2n) is 6.85. The van der Waals surface area contributed by atoms with E-state index in [0.29, 0.717) is 6.42 Å². The Bertz CT molecular complexity index is 490. The Hall–Kier alpha value is -1.35. The summed E-state index contributed by atoms with van der Waals surface area (Å²) in [5.74, 6) is 0.219. The van der Waals surface area contributed by atoms with Gasteiger partial charge in [-0.25, -0.2) is 0 Å². The first kappa shape index (κ1) is 15.0. The van der Waals surface area contributed by atoms with Gasteiger partial charge in [-0.05, 0) is 46.1 Å². The van der Waals surface area contributed by atoms with Crippen molar-refractivity contribution in [3.8, 4) is 0 Å². The average Bonchev–Trinajstić information content (AvgIpc) is 2.47. The predicted molar refractivity (Wildman–Crippen MR) is 82.3 cm³/mol. The van der Waals surface area contributed by atoms with E-state index in [0.717, 1.165) is 18.4 Å². The summed E-state index contributed by atoms with van der Waals surface area (Å²) in [6.07, 6.45) is 2.39. The van der Waals surface area contributed by atoms with Gasteiger partial charge in [0.05, 0.1) is 6.04 Å². The van der Waals surface area contributed by atoms with E-state index in [2.05, 4.69) is 45.9 Å². The summed E-state index contributed by atoms with van der Waals surface area (Å²) >= 11 is 0. The van der Waals surface area contributed by atoms with Crippen LogP contribution in [0.3, 0.4) is 0 Å². The molecule has 3 nitrogen and oxygen atoms in total. The van der Waals surface area contributed by atoms with Gasteiger partial charge in [-0.15, -0.1) is 0 Å². The fourth-order valence-electron chi connectivity index (χ4n) is 3.16. The molecule has 1 aromatic carbocycles. The van der Waals surface area contributed by atoms with Gasteiger partial charge in [0, 0.05) is 18.0 Å². The first-order chi connectivity index (χ1) is 9.30. The Morgan fingerprint density at radius 2 is 2.00 bits per heavy atom. The van der Waals surface area contributed by atoms with Gasteiger partial charge in [0.15, 0.2) is 0 Å². The third-order valence-electron chi connectivity index (χ3n) is 3.99. The average molecular weight is 274 g/mol. The second kappa shape index (κ2) is 5.57. The second-order valence-corrected chi connectivity index (χ2v) is 6.85. The standard InChI is InChI=1S/C17H26N2O/c1-12-7-5-8-13(11-12)16-14(18)9-6-10-15(20)19(16)17(2,3)4/h5,7-8,11,14,16H,6,9-10,18H2,1-4H3. The molecule has 20 heavy (non-hydrogen) atoms. The van der Waals surface area contributed by atoms with E-state index in [9.17, 15) is 4.79 Å². The summed E-state index contributed by atoms with van der Waals surface area (Å²) in [4.78, 5) is 14.5. The van der Waals surface area contributed by atoms with Crippen molar-refractivity contribution in [2.75, 3.05) is 0 Å². The normalized spacial score (nSPS) is 24.6. The smallest absolute Gasteiger partial charge is 0.223 e. The number of carbonyl (C=O) groups excluding carboxylic acids is 1. The highest BCUT2D eigenvalue weighted by Gasteiger charge is 2.38. The number of hydrogen-bond acceptors (Lipinski definition) is 2. The highest BCUT2D eigenvalue weighted by molar-refractivity contribution is 5.78. The Morgan fingerprint density at radius 3 is 2.60 bits per heavy atom. The molecule has 110 valence electrons. The maximum atomic E-state index is 12.5. The van der Waals surface area contributed by atoms with Crippen LogP contribution in [0, 0.1) is 6.92 Å². The fourth-order valence-corrected chi connectivity index (χ4v) is 3.16. The lowest BCUT2D eigenvalue weighted by molar-refractivity contribution is -0.139. The van der Waals surface area contributed by atoms with Crippen molar-refractivity contribution in [2.45, 2.75) is 64.6 Å². The number of rotatable bonds is 1. The monoisotopic (exact) mass is 274 g/mol. The molecule has 2 N–H and O–H groups in total. The van der Waals surface area contributed by atoms with Gasteiger partial charge in [-0.1, -0.05) is 29.8 Å². The molecule has 2 rings (SSSR count). The zero-order valence-electron chi connectivity index (χ0n) is 13.0. The number of hydrogen-bond donors (Lipinski definition) is 1. The van der Waals surface area contributed by atoms with E-state index >= 15 is 0 Å². The summed E-state index contributed by atoms with van der Waals surface area (Å²) in [6.45, 7) is 8.35. The number of aryl methyl sites for hydroxylation is 1. The van der Waals surface area contributed by atoms with Crippen molar-refractivity contribution in [1.82, 2.24) is 4.90 Å². The fraction of sp³-hybridized carbons (Fsp3) is 0.588. The van der Waals surface area contributed by atoms with Crippen LogP contribution in [0.5, 0.6) is 0 Å². The minimum Gasteiger partial charge on any atom is -0.329 e. The van der Waals surface area contributed by atoms with Crippen molar-refractivity contribution in [3.05, 3.63) is 35.4 Å². The SMILES string of the molecule is Cc1cccc(C2C(N)CCCC(=O)N2C(C)(C)C)c1. The molecule has 1 heterocycles. The molecule has 1 aliphatic heterocycles. The van der Waals surface area contributed by atoms with Crippen molar-refractivity contribution in [2.24, 2.45) is 5.73 Å². The number of nitrogens with zero attached hydrogens (tertiary/aromatic N) is 1. The molecule has 0 saturated carbocycles. The molecule has 0 aliphatic carbocycles. The van der Waals surface area contributed by atoms with Crippen LogP contribution < -0.4 is 5.73 Å². The first-order valence-corrected chi connectivity index (χ1v) is 7.45. The zero-order valence-corrected chi connectivity index (χ0v) is 13.0. The molecular weight excluding hydrogens is 248 g/mol. The lowest BCUT2D eigenvalue weighted by Gasteiger charge is -2.43. The minimum atomic E-state index is -0.215. The highest BCUT2D eigenvalue weighted by Crippen LogP contribution is 2.35. The van der Waals surface area contributed by atoms with Crippen LogP contribution in [0.1, 0.15) is 57.2 Å². The minimum absolute atomic E-state index is 0.00229. The van der Waals surface area contributed by atoms with Crippen LogP contribution in [0.15, 0.2) is 24.3 Å². The maximum Gasteiger partial charge on any atom is 0.223 e. The lowest BCUT2D eigenvalue weighted by atomic mass is 9.91. The van der Waals surface area contributed by atoms with Crippen molar-refractivity contribution in [1.29, 1.82) is 0 Å². The summed E-state index contributed by atoms with van der Waals surface area (Å²) in [5.41, 5.74) is 8.57. The lowest BCUT2D eigenvalue weighted by Crippen LogP contribution is -2.51. The van der Waals surface area contributed by atoms with Crippen molar-refractivity contribution < 1.29 is 4.79 Å². The van der Waals surface area contributed by atoms with Crippen LogP contribution in [-0.2, 0) is 4.79 Å². The molecule has 2 atom stereocenters. The van der Waals surface area contributed by atoms with E-state index in [1.165, 1.54) is 5.56 Å². The van der Waals surface area contributed by atoms with E-state index in [1.807, 2.05) is 11.0 Å². The van der Waals surface area contributed by atoms with Gasteiger partial charge in [0.2, 0.25) is 5.91 Å². The molecule has 0 spiro atoms. The van der Waals surface area contributed by atoms with Crippen molar-refractivity contribution in [3.63, 3.8) is 0 Å². The molecule has 3 heteroatoms. The number of amides is 1. The molecule has 1 amide bonds. The number of likely N-dealkylation sites (tertiary alicyclic amines) is 1. The number of carbonyl (C=O) groups is 1. The summed E-state index contributed by atoms with van der Waals surface area (Å²) in [7, 11) is 0. The van der Waals surface area contributed by atoms with E-state index in [4.69, 9.17) is 5.73 Å². The number of nitrogens with two attached hydrogens (primary N) is 1. The largest absolute Gasteiger partial charge is 0.329 e. The summed E-state index contributed by atoms with van der Waals surface area (Å²) in [5, 5.41) is 0. The molecule has 1 fully saturated rings. The zero-order chi connectivity index (χ0) is 14.9. The van der Waals surface area contributed by atoms with Crippen LogP contribution in [0.25, 0.3) is 0 Å². The topological polar surface area (TPSA) is 46.3 Å². The number of benzene rings is 1. The Balaban J connectivity index is 2.49. The van der Waals surface area contributed by atoms with E-state index < -0.39 is 0 Å². The third-order valence-corrected chi connectivity index (χ3v) is 3.99. The van der Waals surface area contributed by atoms with Gasteiger partial charge in [0.25, 0.3) is 0 Å². The summed E-state index contributed by atoms with van der Waals surface area (Å²) < 4.78 is 0. The van der Waals surface area contributed by atoms with Gasteiger partial charge in [0.1, 0.15) is 0 Å². The molecule has 1 aromatic rings. The van der Waals surface area contributed by atoms with Gasteiger partial charge < -0.3 is 10.6 Å². The quantitative estimate of drug-likeness (QED) is 0.855. The van der Waals surface area contributed by atoms with Gasteiger partial charge in [-0.3, -0.25) is 4.79 Å². The molecule has 0 bridgehead atoms. The first-order valence-electron chi connectivity index (χ1n) is 7.45. The molecule has 1 saturated heterocycles. The van der Waals surface area contributed by atoms with Gasteiger partial charge >= 0.3 is 0 Å². The molecule has 1 aliphatic rings. The summed E-state index contributed by atoms with van der Waals surface area (Å²) in [6, 6.07) is 8.35. The highest BCUT2D eigenvalue weighted by atomic mass is 16.2. The third kappa shape index (κ3) is 3.04. The Labute approximate surface area is 122 Å². The van der Waals surface area contributed by atoms with Crippen LogP contribution >= 0.6 is 0 Å². The molecule has 0 radical (unpaired) electrons. The van der Waals surface area contributed by atoms with Crippen LogP contribution in [0.4, 0.5) is 0 Å². The molecule has 0 aromatic heterocycles. The Morgan fingerprint density at radius 1 is 1.30 bits per heavy atom. The molecule has 2 unspecified atom stereocenters. The van der Waals surface area contributed by atoms with E-state index in [1.54, 1.807) is 0 Å². The predicted octanol–water partition coefficient (Wildman–Crippen LogP) is 3.17. The maximum absolute atomic E-state index is 12.5. The van der Waals surface area contributed by atoms with Crippen LogP contribution in [-0.4, -0.2) is 22.4 Å². The van der Waals surface area contributed by atoms with E-state index in [-0.39, 0.29) is 23.5 Å². The Kier molecular flexibility index (Phi) is 4.19. The van der Waals surface area contributed by atoms with Crippen molar-refractivity contribution >= 4 is 5.91 Å². The van der Waals surface area contributed by atoms with Gasteiger partial charge in [-0.2, -0.15) is 0 Å².